The highest BCUT2D eigenvalue weighted by Crippen LogP contribution is 2.28. The van der Waals surface area contributed by atoms with Crippen LogP contribution in [0, 0.1) is 6.92 Å². The average Bonchev–Trinajstić information content (AvgIpc) is 3.34. The van der Waals surface area contributed by atoms with Crippen LogP contribution in [0.15, 0.2) is 71.2 Å². The smallest absolute Gasteiger partial charge is 0.358 e. The zero-order valence-electron chi connectivity index (χ0n) is 18.7. The molecule has 0 spiro atoms. The van der Waals surface area contributed by atoms with E-state index in [4.69, 9.17) is 9.47 Å². The summed E-state index contributed by atoms with van der Waals surface area (Å²) in [5.41, 5.74) is 3.23. The van der Waals surface area contributed by atoms with Gasteiger partial charge in [-0.05, 0) is 19.4 Å². The van der Waals surface area contributed by atoms with Crippen LogP contribution in [0.25, 0.3) is 10.6 Å². The number of benzene rings is 2. The number of aromatic nitrogens is 1. The van der Waals surface area contributed by atoms with E-state index in [1.807, 2.05) is 37.3 Å². The summed E-state index contributed by atoms with van der Waals surface area (Å²) < 4.78 is 10.6. The van der Waals surface area contributed by atoms with Gasteiger partial charge in [-0.2, -0.15) is 0 Å². The van der Waals surface area contributed by atoms with Crippen molar-refractivity contribution in [1.29, 1.82) is 0 Å². The van der Waals surface area contributed by atoms with Crippen LogP contribution in [-0.2, 0) is 14.3 Å². The topological polar surface area (TPSA) is 107 Å². The quantitative estimate of drug-likeness (QED) is 0.495. The molecule has 1 aliphatic heterocycles. The molecule has 0 fully saturated rings. The first-order valence-electron chi connectivity index (χ1n) is 10.7. The molecule has 1 aliphatic rings. The fourth-order valence-corrected chi connectivity index (χ4v) is 4.28. The number of urea groups is 1. The molecule has 8 nitrogen and oxygen atoms in total. The number of hydrogen-bond donors (Lipinski definition) is 2. The van der Waals surface area contributed by atoms with Crippen molar-refractivity contribution < 1.29 is 23.9 Å². The van der Waals surface area contributed by atoms with Gasteiger partial charge in [0.15, 0.2) is 5.69 Å². The Kier molecular flexibility index (Phi) is 7.03. The van der Waals surface area contributed by atoms with Crippen molar-refractivity contribution in [3.63, 3.8) is 0 Å². The minimum Gasteiger partial charge on any atom is -0.463 e. The van der Waals surface area contributed by atoms with Gasteiger partial charge < -0.3 is 20.1 Å². The monoisotopic (exact) mass is 477 g/mol. The summed E-state index contributed by atoms with van der Waals surface area (Å²) in [7, 11) is 0. The minimum atomic E-state index is -0.741. The van der Waals surface area contributed by atoms with Gasteiger partial charge in [0.25, 0.3) is 0 Å². The number of aryl methyl sites for hydroxylation is 1. The van der Waals surface area contributed by atoms with Gasteiger partial charge in [0.05, 0.1) is 23.9 Å². The van der Waals surface area contributed by atoms with Crippen LogP contribution in [0.1, 0.15) is 34.6 Å². The maximum Gasteiger partial charge on any atom is 0.358 e. The van der Waals surface area contributed by atoms with E-state index in [1.54, 1.807) is 36.6 Å². The third kappa shape index (κ3) is 5.15. The van der Waals surface area contributed by atoms with Crippen LogP contribution in [0.3, 0.4) is 0 Å². The highest BCUT2D eigenvalue weighted by Gasteiger charge is 2.34. The Hall–Kier alpha value is -3.98. The zero-order chi connectivity index (χ0) is 24.1. The lowest BCUT2D eigenvalue weighted by Gasteiger charge is -2.29. The molecule has 1 unspecified atom stereocenters. The maximum absolute atomic E-state index is 12.8. The summed E-state index contributed by atoms with van der Waals surface area (Å²) in [6.07, 6.45) is 0. The third-order valence-electron chi connectivity index (χ3n) is 5.14. The first kappa shape index (κ1) is 23.2. The SMILES string of the molecule is CCOC(=O)C1=C(COC(=O)c2csc(-c3ccc(C)cc3)n2)NC(=O)NC1c1ccccc1. The molecule has 34 heavy (non-hydrogen) atoms. The van der Waals surface area contributed by atoms with Gasteiger partial charge in [-0.25, -0.2) is 19.4 Å². The van der Waals surface area contributed by atoms with Crippen LogP contribution in [-0.4, -0.2) is 36.2 Å². The van der Waals surface area contributed by atoms with Crippen LogP contribution >= 0.6 is 11.3 Å². The first-order chi connectivity index (χ1) is 16.5. The Morgan fingerprint density at radius 2 is 1.76 bits per heavy atom. The minimum absolute atomic E-state index is 0.152. The average molecular weight is 478 g/mol. The molecule has 0 radical (unpaired) electrons. The molecule has 2 amide bonds. The number of nitrogens with one attached hydrogen (secondary N) is 2. The van der Waals surface area contributed by atoms with E-state index < -0.39 is 24.0 Å². The number of esters is 2. The number of carbonyl (C=O) groups is 3. The number of nitrogens with zero attached hydrogens (tertiary/aromatic N) is 1. The van der Waals surface area contributed by atoms with Crippen molar-refractivity contribution in [2.75, 3.05) is 13.2 Å². The molecule has 2 aromatic carbocycles. The van der Waals surface area contributed by atoms with Crippen LogP contribution in [0.5, 0.6) is 0 Å². The molecule has 3 aromatic rings. The Morgan fingerprint density at radius 3 is 2.47 bits per heavy atom. The number of thiazole rings is 1. The van der Waals surface area contributed by atoms with Gasteiger partial charge >= 0.3 is 18.0 Å². The van der Waals surface area contributed by atoms with Gasteiger partial charge in [-0.15, -0.1) is 11.3 Å². The summed E-state index contributed by atoms with van der Waals surface area (Å²) in [4.78, 5) is 42.1. The Bertz CT molecular complexity index is 1230. The lowest BCUT2D eigenvalue weighted by molar-refractivity contribution is -0.139. The first-order valence-corrected chi connectivity index (χ1v) is 11.6. The summed E-state index contributed by atoms with van der Waals surface area (Å²) in [6.45, 7) is 3.53. The zero-order valence-corrected chi connectivity index (χ0v) is 19.5. The Labute approximate surface area is 200 Å². The van der Waals surface area contributed by atoms with Gasteiger partial charge in [-0.1, -0.05) is 60.2 Å². The fraction of sp³-hybridized carbons (Fsp3) is 0.200. The summed E-state index contributed by atoms with van der Waals surface area (Å²) in [5, 5.41) is 7.63. The maximum atomic E-state index is 12.8. The lowest BCUT2D eigenvalue weighted by atomic mass is 9.95. The molecule has 1 aromatic heterocycles. The van der Waals surface area contributed by atoms with Gasteiger partial charge in [0, 0.05) is 10.9 Å². The standard InChI is InChI=1S/C25H23N3O5S/c1-3-32-24(30)20-18(27-25(31)28-21(20)16-7-5-4-6-8-16)13-33-23(29)19-14-34-22(26-19)17-11-9-15(2)10-12-17/h4-12,14,21H,3,13H2,1-2H3,(H2,27,28,31). The largest absolute Gasteiger partial charge is 0.463 e. The molecule has 2 heterocycles. The molecular formula is C25H23N3O5S. The van der Waals surface area contributed by atoms with Crippen molar-refractivity contribution in [2.45, 2.75) is 19.9 Å². The van der Waals surface area contributed by atoms with E-state index in [2.05, 4.69) is 15.6 Å². The molecule has 0 bridgehead atoms. The second kappa shape index (κ2) is 10.3. The normalized spacial score (nSPS) is 15.4. The number of ether oxygens (including phenoxy) is 2. The molecule has 9 heteroatoms. The number of hydrogen-bond acceptors (Lipinski definition) is 7. The van der Waals surface area contributed by atoms with E-state index in [0.717, 1.165) is 11.1 Å². The number of amides is 2. The Morgan fingerprint density at radius 1 is 1.03 bits per heavy atom. The van der Waals surface area contributed by atoms with Gasteiger partial charge in [-0.3, -0.25) is 0 Å². The highest BCUT2D eigenvalue weighted by molar-refractivity contribution is 7.13. The molecule has 0 aliphatic carbocycles. The molecule has 0 saturated heterocycles. The molecule has 1 atom stereocenters. The second-order valence-corrected chi connectivity index (χ2v) is 8.39. The van der Waals surface area contributed by atoms with Crippen molar-refractivity contribution >= 4 is 29.3 Å². The van der Waals surface area contributed by atoms with E-state index in [-0.39, 0.29) is 30.2 Å². The van der Waals surface area contributed by atoms with E-state index in [9.17, 15) is 14.4 Å². The van der Waals surface area contributed by atoms with Gasteiger partial charge in [0.2, 0.25) is 0 Å². The molecular weight excluding hydrogens is 454 g/mol. The summed E-state index contributed by atoms with van der Waals surface area (Å²) >= 11 is 1.33. The van der Waals surface area contributed by atoms with Crippen molar-refractivity contribution in [3.05, 3.63) is 88.1 Å². The highest BCUT2D eigenvalue weighted by atomic mass is 32.1. The van der Waals surface area contributed by atoms with Crippen molar-refractivity contribution in [3.8, 4) is 10.6 Å². The molecule has 174 valence electrons. The second-order valence-electron chi connectivity index (χ2n) is 7.53. The van der Waals surface area contributed by atoms with Crippen molar-refractivity contribution in [1.82, 2.24) is 15.6 Å². The van der Waals surface area contributed by atoms with Crippen LogP contribution in [0.4, 0.5) is 4.79 Å². The Balaban J connectivity index is 1.56. The molecule has 0 saturated carbocycles. The predicted molar refractivity (Wildman–Crippen MR) is 127 cm³/mol. The van der Waals surface area contributed by atoms with Crippen molar-refractivity contribution in [2.24, 2.45) is 0 Å². The van der Waals surface area contributed by atoms with E-state index in [0.29, 0.717) is 10.6 Å². The predicted octanol–water partition coefficient (Wildman–Crippen LogP) is 4.15. The lowest BCUT2D eigenvalue weighted by Crippen LogP contribution is -2.47. The summed E-state index contributed by atoms with van der Waals surface area (Å²) in [6, 6.07) is 15.6. The van der Waals surface area contributed by atoms with E-state index >= 15 is 0 Å². The van der Waals surface area contributed by atoms with Crippen LogP contribution < -0.4 is 10.6 Å². The van der Waals surface area contributed by atoms with E-state index in [1.165, 1.54) is 11.3 Å². The number of rotatable bonds is 7. The van der Waals surface area contributed by atoms with Gasteiger partial charge in [0.1, 0.15) is 11.6 Å². The fourth-order valence-electron chi connectivity index (χ4n) is 3.49. The summed E-state index contributed by atoms with van der Waals surface area (Å²) in [5.74, 6) is -1.26. The molecule has 4 rings (SSSR count). The van der Waals surface area contributed by atoms with Crippen LogP contribution in [0.2, 0.25) is 0 Å². The molecule has 2 N–H and O–H groups in total. The number of carbonyl (C=O) groups excluding carboxylic acids is 3. The third-order valence-corrected chi connectivity index (χ3v) is 6.03.